The summed E-state index contributed by atoms with van der Waals surface area (Å²) in [5, 5.41) is 4.42. The normalized spacial score (nSPS) is 13.6. The Hall–Kier alpha value is -2.92. The molecule has 1 N–H and O–H groups in total. The van der Waals surface area contributed by atoms with Gasteiger partial charge in [-0.1, -0.05) is 60.2 Å². The van der Waals surface area contributed by atoms with Crippen LogP contribution in [0, 0.1) is 0 Å². The predicted octanol–water partition coefficient (Wildman–Crippen LogP) is 6.25. The lowest BCUT2D eigenvalue weighted by Crippen LogP contribution is -2.00. The number of fused-ring (bicyclic) bond motifs is 2. The first kappa shape index (κ1) is 19.1. The number of nitrogens with zero attached hydrogens (tertiary/aromatic N) is 2. The van der Waals surface area contributed by atoms with Crippen molar-refractivity contribution in [2.24, 2.45) is 0 Å². The van der Waals surface area contributed by atoms with Crippen LogP contribution in [0.2, 0.25) is 0 Å². The molecule has 30 heavy (non-hydrogen) atoms. The van der Waals surface area contributed by atoms with E-state index >= 15 is 0 Å². The Kier molecular flexibility index (Phi) is 5.37. The van der Waals surface area contributed by atoms with E-state index in [4.69, 9.17) is 14.7 Å². The van der Waals surface area contributed by atoms with Crippen LogP contribution >= 0.6 is 11.3 Å². The Morgan fingerprint density at radius 3 is 2.53 bits per heavy atom. The first-order valence-corrected chi connectivity index (χ1v) is 11.4. The average molecular weight is 416 g/mol. The Morgan fingerprint density at radius 2 is 1.73 bits per heavy atom. The van der Waals surface area contributed by atoms with Gasteiger partial charge in [0.1, 0.15) is 5.75 Å². The summed E-state index contributed by atoms with van der Waals surface area (Å²) in [5.74, 6) is 0.879. The quantitative estimate of drug-likeness (QED) is 0.392. The molecule has 0 atom stereocenters. The Labute approximate surface area is 181 Å². The van der Waals surface area contributed by atoms with Gasteiger partial charge in [0, 0.05) is 17.8 Å². The van der Waals surface area contributed by atoms with Crippen LogP contribution in [0.5, 0.6) is 5.75 Å². The maximum Gasteiger partial charge on any atom is 0.185 e. The van der Waals surface area contributed by atoms with Crippen molar-refractivity contribution >= 4 is 26.8 Å². The number of aryl methyl sites for hydroxylation is 1. The highest BCUT2D eigenvalue weighted by atomic mass is 32.1. The number of rotatable bonds is 5. The van der Waals surface area contributed by atoms with E-state index in [0.29, 0.717) is 0 Å². The van der Waals surface area contributed by atoms with Gasteiger partial charge in [-0.25, -0.2) is 9.97 Å². The number of anilines is 1. The summed E-state index contributed by atoms with van der Waals surface area (Å²) in [6, 6.07) is 18.8. The second-order valence-electron chi connectivity index (χ2n) is 7.71. The molecule has 4 nitrogen and oxygen atoms in total. The molecule has 0 spiro atoms. The minimum Gasteiger partial charge on any atom is -0.497 e. The first-order valence-electron chi connectivity index (χ1n) is 10.6. The summed E-state index contributed by atoms with van der Waals surface area (Å²) in [4.78, 5) is 9.86. The summed E-state index contributed by atoms with van der Waals surface area (Å²) in [7, 11) is 1.71. The molecule has 4 aromatic rings. The molecule has 0 radical (unpaired) electrons. The van der Waals surface area contributed by atoms with E-state index in [-0.39, 0.29) is 0 Å². The first-order chi connectivity index (χ1) is 14.8. The lowest BCUT2D eigenvalue weighted by molar-refractivity contribution is 0.415. The topological polar surface area (TPSA) is 47.0 Å². The number of methoxy groups -OCH3 is 1. The maximum atomic E-state index is 5.37. The van der Waals surface area contributed by atoms with Crippen LogP contribution in [0.1, 0.15) is 36.1 Å². The summed E-state index contributed by atoms with van der Waals surface area (Å²) in [6.07, 6.45) is 5.82. The van der Waals surface area contributed by atoms with E-state index in [1.165, 1.54) is 51.9 Å². The van der Waals surface area contributed by atoms with Crippen LogP contribution in [0.25, 0.3) is 21.5 Å². The zero-order valence-electron chi connectivity index (χ0n) is 17.1. The zero-order valence-corrected chi connectivity index (χ0v) is 18.0. The molecular weight excluding hydrogens is 390 g/mol. The number of ether oxygens (including phenoxy) is 1. The van der Waals surface area contributed by atoms with Gasteiger partial charge in [-0.05, 0) is 54.5 Å². The van der Waals surface area contributed by atoms with Gasteiger partial charge in [0.2, 0.25) is 0 Å². The van der Waals surface area contributed by atoms with Gasteiger partial charge in [-0.2, -0.15) is 0 Å². The Morgan fingerprint density at radius 1 is 0.933 bits per heavy atom. The van der Waals surface area contributed by atoms with Gasteiger partial charge in [0.15, 0.2) is 10.8 Å². The molecule has 0 fully saturated rings. The highest BCUT2D eigenvalue weighted by Crippen LogP contribution is 2.40. The number of pyridine rings is 1. The molecule has 0 amide bonds. The fourth-order valence-corrected chi connectivity index (χ4v) is 5.18. The lowest BCUT2D eigenvalue weighted by Gasteiger charge is -2.13. The van der Waals surface area contributed by atoms with Crippen LogP contribution in [-0.2, 0) is 19.4 Å². The molecule has 1 aliphatic carbocycles. The molecule has 2 heterocycles. The minimum absolute atomic E-state index is 0.762. The van der Waals surface area contributed by atoms with Gasteiger partial charge in [-0.15, -0.1) is 0 Å². The molecule has 152 valence electrons. The minimum atomic E-state index is 0.762. The van der Waals surface area contributed by atoms with Crippen LogP contribution in [0.4, 0.5) is 5.13 Å². The van der Waals surface area contributed by atoms with Crippen molar-refractivity contribution in [1.29, 1.82) is 0 Å². The molecule has 0 aliphatic heterocycles. The number of hydrogen-bond donors (Lipinski definition) is 1. The summed E-state index contributed by atoms with van der Waals surface area (Å²) >= 11 is 1.71. The van der Waals surface area contributed by atoms with Crippen molar-refractivity contribution in [3.05, 3.63) is 71.4 Å². The van der Waals surface area contributed by atoms with Crippen molar-refractivity contribution in [3.63, 3.8) is 0 Å². The standard InChI is InChI=1S/C25H25N3OS/c1-29-19-14-12-18(13-15-19)22-20-10-6-3-7-11-21(20)27-24-23(22)30-25(28-24)26-16-17-8-4-2-5-9-17/h2,4-5,8-9,12-15H,3,6-7,10-11,16H2,1H3,(H,26,27,28). The highest BCUT2D eigenvalue weighted by Gasteiger charge is 2.21. The molecule has 1 aliphatic rings. The second kappa shape index (κ2) is 8.44. The molecule has 0 saturated carbocycles. The van der Waals surface area contributed by atoms with Gasteiger partial charge < -0.3 is 10.1 Å². The summed E-state index contributed by atoms with van der Waals surface area (Å²) in [6.45, 7) is 0.762. The monoisotopic (exact) mass is 415 g/mol. The molecule has 0 saturated heterocycles. The Bertz CT molecular complexity index is 1150. The second-order valence-corrected chi connectivity index (χ2v) is 8.71. The van der Waals surface area contributed by atoms with Crippen molar-refractivity contribution < 1.29 is 4.74 Å². The van der Waals surface area contributed by atoms with E-state index in [0.717, 1.165) is 35.9 Å². The molecule has 5 heteroatoms. The van der Waals surface area contributed by atoms with Crippen LogP contribution in [0.15, 0.2) is 54.6 Å². The molecular formula is C25H25N3OS. The number of hydrogen-bond acceptors (Lipinski definition) is 5. The number of nitrogens with one attached hydrogen (secondary N) is 1. The van der Waals surface area contributed by atoms with E-state index < -0.39 is 0 Å². The molecule has 0 unspecified atom stereocenters. The van der Waals surface area contributed by atoms with E-state index in [1.54, 1.807) is 18.4 Å². The highest BCUT2D eigenvalue weighted by molar-refractivity contribution is 7.22. The van der Waals surface area contributed by atoms with Gasteiger partial charge in [-0.3, -0.25) is 0 Å². The predicted molar refractivity (Wildman–Crippen MR) is 124 cm³/mol. The molecule has 5 rings (SSSR count). The van der Waals surface area contributed by atoms with E-state index in [1.807, 2.05) is 18.2 Å². The van der Waals surface area contributed by atoms with Gasteiger partial charge >= 0.3 is 0 Å². The smallest absolute Gasteiger partial charge is 0.185 e. The van der Waals surface area contributed by atoms with Gasteiger partial charge in [0.25, 0.3) is 0 Å². The van der Waals surface area contributed by atoms with Crippen molar-refractivity contribution in [2.75, 3.05) is 12.4 Å². The van der Waals surface area contributed by atoms with Crippen LogP contribution < -0.4 is 10.1 Å². The van der Waals surface area contributed by atoms with Crippen molar-refractivity contribution in [3.8, 4) is 16.9 Å². The number of thiazole rings is 1. The van der Waals surface area contributed by atoms with Crippen LogP contribution in [0.3, 0.4) is 0 Å². The number of aromatic nitrogens is 2. The summed E-state index contributed by atoms with van der Waals surface area (Å²) in [5.41, 5.74) is 7.27. The van der Waals surface area contributed by atoms with Crippen LogP contribution in [-0.4, -0.2) is 17.1 Å². The SMILES string of the molecule is COc1ccc(-c2c3c(nc4nc(NCc5ccccc5)sc24)CCCCC3)cc1. The number of benzene rings is 2. The lowest BCUT2D eigenvalue weighted by atomic mass is 9.96. The third-order valence-electron chi connectivity index (χ3n) is 5.73. The van der Waals surface area contributed by atoms with E-state index in [9.17, 15) is 0 Å². The third-order valence-corrected chi connectivity index (χ3v) is 6.75. The maximum absolute atomic E-state index is 5.37. The van der Waals surface area contributed by atoms with Crippen molar-refractivity contribution in [2.45, 2.75) is 38.6 Å². The molecule has 0 bridgehead atoms. The zero-order chi connectivity index (χ0) is 20.3. The molecule has 2 aromatic heterocycles. The van der Waals surface area contributed by atoms with Gasteiger partial charge in [0.05, 0.1) is 11.8 Å². The summed E-state index contributed by atoms with van der Waals surface area (Å²) < 4.78 is 6.55. The fraction of sp³-hybridized carbons (Fsp3) is 0.280. The van der Waals surface area contributed by atoms with E-state index in [2.05, 4.69) is 41.7 Å². The fourth-order valence-electron chi connectivity index (χ4n) is 4.19. The molecule has 2 aromatic carbocycles. The third kappa shape index (κ3) is 3.77. The Balaban J connectivity index is 1.59. The largest absolute Gasteiger partial charge is 0.497 e. The van der Waals surface area contributed by atoms with Crippen molar-refractivity contribution in [1.82, 2.24) is 9.97 Å². The average Bonchev–Trinajstić information content (AvgIpc) is 3.05.